The first-order valence-electron chi connectivity index (χ1n) is 9.18. The normalized spacial score (nSPS) is 15.0. The van der Waals surface area contributed by atoms with Gasteiger partial charge in [-0.05, 0) is 30.9 Å². The minimum absolute atomic E-state index is 0.191. The van der Waals surface area contributed by atoms with Gasteiger partial charge in [-0.1, -0.05) is 24.3 Å². The Hall–Kier alpha value is -2.82. The highest BCUT2D eigenvalue weighted by Crippen LogP contribution is 2.41. The van der Waals surface area contributed by atoms with Gasteiger partial charge in [-0.3, -0.25) is 4.79 Å². The number of rotatable bonds is 5. The van der Waals surface area contributed by atoms with Crippen molar-refractivity contribution in [1.82, 2.24) is 14.9 Å². The van der Waals surface area contributed by atoms with Crippen LogP contribution < -0.4 is 10.1 Å². The molecule has 0 bridgehead atoms. The molecule has 2 aromatic heterocycles. The standard InChI is InChI=1S/C21H21N3O2/c1-26-18-9-8-17-19(23-18)16(10-11-22-21(25)13-6-7-13)20-15-5-3-2-4-14(15)12-24(17)20/h2-5,8-9,13H,6-7,10-12H2,1H3,(H,22,25). The van der Waals surface area contributed by atoms with Gasteiger partial charge in [0.1, 0.15) is 0 Å². The molecule has 0 atom stereocenters. The molecule has 1 fully saturated rings. The van der Waals surface area contributed by atoms with Gasteiger partial charge in [-0.2, -0.15) is 0 Å². The molecular formula is C21H21N3O2. The van der Waals surface area contributed by atoms with E-state index >= 15 is 0 Å². The lowest BCUT2D eigenvalue weighted by molar-refractivity contribution is -0.122. The first-order valence-corrected chi connectivity index (χ1v) is 9.18. The molecule has 3 heterocycles. The van der Waals surface area contributed by atoms with Crippen LogP contribution >= 0.6 is 0 Å². The molecule has 5 nitrogen and oxygen atoms in total. The molecule has 0 unspecified atom stereocenters. The Kier molecular flexibility index (Phi) is 3.48. The summed E-state index contributed by atoms with van der Waals surface area (Å²) in [7, 11) is 1.64. The van der Waals surface area contributed by atoms with Gasteiger partial charge in [0.2, 0.25) is 11.8 Å². The van der Waals surface area contributed by atoms with Gasteiger partial charge in [0, 0.05) is 36.2 Å². The zero-order chi connectivity index (χ0) is 17.7. The monoisotopic (exact) mass is 347 g/mol. The molecule has 1 aliphatic carbocycles. The van der Waals surface area contributed by atoms with Gasteiger partial charge in [0.15, 0.2) is 0 Å². The molecule has 2 aliphatic rings. The lowest BCUT2D eigenvalue weighted by Crippen LogP contribution is -2.27. The third-order valence-corrected chi connectivity index (χ3v) is 5.41. The fourth-order valence-corrected chi connectivity index (χ4v) is 3.95. The maximum Gasteiger partial charge on any atom is 0.223 e. The summed E-state index contributed by atoms with van der Waals surface area (Å²) in [5, 5.41) is 3.08. The Morgan fingerprint density at radius 2 is 2.12 bits per heavy atom. The number of carbonyl (C=O) groups excluding carboxylic acids is 1. The smallest absolute Gasteiger partial charge is 0.223 e. The second-order valence-corrected chi connectivity index (χ2v) is 7.11. The quantitative estimate of drug-likeness (QED) is 0.603. The minimum Gasteiger partial charge on any atom is -0.481 e. The maximum absolute atomic E-state index is 12.0. The van der Waals surface area contributed by atoms with Crippen LogP contribution in [0.15, 0.2) is 36.4 Å². The lowest BCUT2D eigenvalue weighted by Gasteiger charge is -2.07. The molecule has 1 aliphatic heterocycles. The molecule has 26 heavy (non-hydrogen) atoms. The van der Waals surface area contributed by atoms with Gasteiger partial charge in [0.05, 0.1) is 23.8 Å². The van der Waals surface area contributed by atoms with Crippen molar-refractivity contribution in [2.24, 2.45) is 5.92 Å². The molecule has 0 radical (unpaired) electrons. The first-order chi connectivity index (χ1) is 12.8. The van der Waals surface area contributed by atoms with Crippen molar-refractivity contribution in [2.75, 3.05) is 13.7 Å². The molecular weight excluding hydrogens is 326 g/mol. The number of methoxy groups -OCH3 is 1. The summed E-state index contributed by atoms with van der Waals surface area (Å²) in [6, 6.07) is 12.5. The fourth-order valence-electron chi connectivity index (χ4n) is 3.95. The highest BCUT2D eigenvalue weighted by Gasteiger charge is 2.30. The summed E-state index contributed by atoms with van der Waals surface area (Å²) in [6.45, 7) is 1.51. The number of ether oxygens (including phenoxy) is 1. The van der Waals surface area contributed by atoms with Gasteiger partial charge in [-0.15, -0.1) is 0 Å². The van der Waals surface area contributed by atoms with E-state index in [2.05, 4.69) is 40.2 Å². The number of carbonyl (C=O) groups is 1. The number of aromatic nitrogens is 2. The van der Waals surface area contributed by atoms with Crippen molar-refractivity contribution in [3.63, 3.8) is 0 Å². The van der Waals surface area contributed by atoms with Crippen molar-refractivity contribution in [1.29, 1.82) is 0 Å². The van der Waals surface area contributed by atoms with E-state index in [0.717, 1.165) is 36.8 Å². The molecule has 5 heteroatoms. The van der Waals surface area contributed by atoms with Gasteiger partial charge in [-0.25, -0.2) is 4.98 Å². The Labute approximate surface area is 152 Å². The molecule has 0 spiro atoms. The van der Waals surface area contributed by atoms with E-state index in [-0.39, 0.29) is 11.8 Å². The van der Waals surface area contributed by atoms with Gasteiger partial charge >= 0.3 is 0 Å². The van der Waals surface area contributed by atoms with Crippen LogP contribution in [-0.2, 0) is 17.8 Å². The van der Waals surface area contributed by atoms with Crippen molar-refractivity contribution in [3.8, 4) is 17.1 Å². The molecule has 0 saturated heterocycles. The molecule has 132 valence electrons. The van der Waals surface area contributed by atoms with Crippen LogP contribution in [0.4, 0.5) is 0 Å². The number of amides is 1. The average Bonchev–Trinajstić information content (AvgIpc) is 3.39. The van der Waals surface area contributed by atoms with Crippen LogP contribution in [-0.4, -0.2) is 29.1 Å². The predicted molar refractivity (Wildman–Crippen MR) is 100 cm³/mol. The number of nitrogens with one attached hydrogen (secondary N) is 1. The van der Waals surface area contributed by atoms with Crippen LogP contribution in [0.5, 0.6) is 5.88 Å². The molecule has 1 aromatic carbocycles. The largest absolute Gasteiger partial charge is 0.481 e. The number of nitrogens with zero attached hydrogens (tertiary/aromatic N) is 2. The summed E-state index contributed by atoms with van der Waals surface area (Å²) in [6.07, 6.45) is 2.83. The van der Waals surface area contributed by atoms with Crippen LogP contribution in [0.25, 0.3) is 22.3 Å². The fraction of sp³-hybridized carbons (Fsp3) is 0.333. The van der Waals surface area contributed by atoms with E-state index in [4.69, 9.17) is 9.72 Å². The van der Waals surface area contributed by atoms with E-state index in [0.29, 0.717) is 12.4 Å². The van der Waals surface area contributed by atoms with Gasteiger partial charge < -0.3 is 14.6 Å². The third-order valence-electron chi connectivity index (χ3n) is 5.41. The Morgan fingerprint density at radius 1 is 1.27 bits per heavy atom. The van der Waals surface area contributed by atoms with Crippen LogP contribution in [0.1, 0.15) is 24.0 Å². The summed E-state index contributed by atoms with van der Waals surface area (Å²) >= 11 is 0. The zero-order valence-corrected chi connectivity index (χ0v) is 14.8. The highest BCUT2D eigenvalue weighted by molar-refractivity contribution is 5.92. The van der Waals surface area contributed by atoms with Crippen LogP contribution in [0.2, 0.25) is 0 Å². The van der Waals surface area contributed by atoms with E-state index < -0.39 is 0 Å². The summed E-state index contributed by atoms with van der Waals surface area (Å²) in [5.41, 5.74) is 7.14. The SMILES string of the molecule is COc1ccc2c(n1)c(CCNC(=O)C1CC1)c1n2Cc2ccccc2-1. The summed E-state index contributed by atoms with van der Waals surface area (Å²) < 4.78 is 7.68. The Bertz CT molecular complexity index is 1020. The summed E-state index contributed by atoms with van der Waals surface area (Å²) in [4.78, 5) is 16.7. The van der Waals surface area contributed by atoms with Crippen LogP contribution in [0, 0.1) is 5.92 Å². The molecule has 5 rings (SSSR count). The molecule has 1 N–H and O–H groups in total. The van der Waals surface area contributed by atoms with Crippen molar-refractivity contribution >= 4 is 16.9 Å². The van der Waals surface area contributed by atoms with E-state index in [9.17, 15) is 4.79 Å². The van der Waals surface area contributed by atoms with Crippen molar-refractivity contribution in [3.05, 3.63) is 47.5 Å². The molecule has 1 saturated carbocycles. The van der Waals surface area contributed by atoms with Crippen molar-refractivity contribution < 1.29 is 9.53 Å². The van der Waals surface area contributed by atoms with E-state index in [1.54, 1.807) is 7.11 Å². The van der Waals surface area contributed by atoms with Crippen LogP contribution in [0.3, 0.4) is 0 Å². The van der Waals surface area contributed by atoms with E-state index in [1.165, 1.54) is 22.4 Å². The molecule has 1 amide bonds. The summed E-state index contributed by atoms with van der Waals surface area (Å²) in [5.74, 6) is 1.06. The number of fused-ring (bicyclic) bond motifs is 5. The topological polar surface area (TPSA) is 56.1 Å². The van der Waals surface area contributed by atoms with Gasteiger partial charge in [0.25, 0.3) is 0 Å². The number of hydrogen-bond acceptors (Lipinski definition) is 3. The number of pyridine rings is 1. The predicted octanol–water partition coefficient (Wildman–Crippen LogP) is 3.14. The Balaban J connectivity index is 1.57. The van der Waals surface area contributed by atoms with E-state index in [1.807, 2.05) is 6.07 Å². The minimum atomic E-state index is 0.191. The second kappa shape index (κ2) is 5.87. The third kappa shape index (κ3) is 2.38. The number of hydrogen-bond donors (Lipinski definition) is 1. The average molecular weight is 347 g/mol. The maximum atomic E-state index is 12.0. The van der Waals surface area contributed by atoms with Crippen molar-refractivity contribution in [2.45, 2.75) is 25.8 Å². The second-order valence-electron chi connectivity index (χ2n) is 7.11. The number of benzene rings is 1. The Morgan fingerprint density at radius 3 is 2.92 bits per heavy atom. The molecule has 3 aromatic rings. The lowest BCUT2D eigenvalue weighted by atomic mass is 10.0. The first kappa shape index (κ1) is 15.4. The zero-order valence-electron chi connectivity index (χ0n) is 14.8. The highest BCUT2D eigenvalue weighted by atomic mass is 16.5.